The summed E-state index contributed by atoms with van der Waals surface area (Å²) in [7, 11) is 0. The van der Waals surface area contributed by atoms with Crippen molar-refractivity contribution in [3.63, 3.8) is 0 Å². The lowest BCUT2D eigenvalue weighted by atomic mass is 9.95. The number of furan rings is 1. The molecule has 1 N–H and O–H groups in total. The summed E-state index contributed by atoms with van der Waals surface area (Å²) >= 11 is 0. The van der Waals surface area contributed by atoms with E-state index >= 15 is 0 Å². The first-order valence-corrected chi connectivity index (χ1v) is 13.4. The highest BCUT2D eigenvalue weighted by molar-refractivity contribution is 5.92. The van der Waals surface area contributed by atoms with Crippen molar-refractivity contribution in [2.45, 2.75) is 70.8 Å². The number of amides is 1. The van der Waals surface area contributed by atoms with Gasteiger partial charge in [-0.2, -0.15) is 0 Å². The Morgan fingerprint density at radius 3 is 2.51 bits per heavy atom. The predicted octanol–water partition coefficient (Wildman–Crippen LogP) is 6.23. The van der Waals surface area contributed by atoms with Gasteiger partial charge in [0.25, 0.3) is 5.91 Å². The minimum absolute atomic E-state index is 0.143. The van der Waals surface area contributed by atoms with Crippen LogP contribution in [0.5, 0.6) is 0 Å². The van der Waals surface area contributed by atoms with Gasteiger partial charge in [-0.3, -0.25) is 4.79 Å². The molecule has 6 heteroatoms. The summed E-state index contributed by atoms with van der Waals surface area (Å²) in [5.74, 6) is 0.932. The molecule has 35 heavy (non-hydrogen) atoms. The lowest BCUT2D eigenvalue weighted by molar-refractivity contribution is 0.0924. The van der Waals surface area contributed by atoms with Crippen LogP contribution in [0.4, 0.5) is 0 Å². The van der Waals surface area contributed by atoms with Gasteiger partial charge in [0.1, 0.15) is 5.69 Å². The first-order valence-electron chi connectivity index (χ1n) is 13.4. The number of hydrogen-bond acceptors (Lipinski definition) is 4. The molecule has 2 fully saturated rings. The molecule has 1 saturated carbocycles. The molecule has 0 radical (unpaired) electrons. The maximum atomic E-state index is 12.8. The van der Waals surface area contributed by atoms with Crippen molar-refractivity contribution in [3.05, 3.63) is 54.0 Å². The van der Waals surface area contributed by atoms with E-state index in [0.29, 0.717) is 24.1 Å². The van der Waals surface area contributed by atoms with Gasteiger partial charge in [0.15, 0.2) is 11.5 Å². The monoisotopic (exact) mass is 474 g/mol. The summed E-state index contributed by atoms with van der Waals surface area (Å²) in [4.78, 5) is 20.1. The number of carbonyl (C=O) groups excluding carboxylic acids is 1. The first-order chi connectivity index (χ1) is 17.2. The van der Waals surface area contributed by atoms with Crippen molar-refractivity contribution in [1.82, 2.24) is 19.8 Å². The smallest absolute Gasteiger partial charge is 0.287 e. The number of rotatable bonds is 8. The number of nitrogens with one attached hydrogen (secondary N) is 1. The van der Waals surface area contributed by atoms with E-state index in [0.717, 1.165) is 42.8 Å². The quantitative estimate of drug-likeness (QED) is 0.393. The second-order valence-corrected chi connectivity index (χ2v) is 10.2. The second-order valence-electron chi connectivity index (χ2n) is 10.2. The number of carbonyl (C=O) groups is 1. The first kappa shape index (κ1) is 23.9. The molecule has 3 aromatic rings. The number of likely N-dealkylation sites (tertiary alicyclic amines) is 1. The Bertz CT molecular complexity index is 1100. The van der Waals surface area contributed by atoms with E-state index in [2.05, 4.69) is 46.0 Å². The number of imidazole rings is 1. The van der Waals surface area contributed by atoms with Gasteiger partial charge in [0, 0.05) is 18.2 Å². The fourth-order valence-corrected chi connectivity index (χ4v) is 5.53. The molecule has 1 aliphatic carbocycles. The van der Waals surface area contributed by atoms with Gasteiger partial charge in [-0.25, -0.2) is 4.98 Å². The number of aromatic nitrogens is 2. The van der Waals surface area contributed by atoms with Crippen molar-refractivity contribution in [1.29, 1.82) is 0 Å². The number of benzene rings is 1. The largest absolute Gasteiger partial charge is 0.449 e. The molecule has 3 heterocycles. The maximum absolute atomic E-state index is 12.8. The summed E-state index contributed by atoms with van der Waals surface area (Å²) in [6.45, 7) is 6.18. The standard InChI is InChI=1S/C29H38N4O2/c1-22-11-13-23(14-12-22)27-28(33(21-31-27)24-9-4-2-5-10-24)25-15-16-26(35-25)29(34)30-17-8-20-32-18-6-3-7-19-32/h11-16,21,24H,2-10,17-20H2,1H3,(H,30,34). The molecule has 1 aliphatic heterocycles. The van der Waals surface area contributed by atoms with Crippen LogP contribution in [-0.2, 0) is 0 Å². The van der Waals surface area contributed by atoms with Crippen LogP contribution in [0.25, 0.3) is 22.7 Å². The zero-order valence-corrected chi connectivity index (χ0v) is 21.0. The average Bonchev–Trinajstić information content (AvgIpc) is 3.56. The Kier molecular flexibility index (Phi) is 7.67. The summed E-state index contributed by atoms with van der Waals surface area (Å²) in [6, 6.07) is 12.6. The highest BCUT2D eigenvalue weighted by atomic mass is 16.4. The second kappa shape index (κ2) is 11.3. The van der Waals surface area contributed by atoms with E-state index in [4.69, 9.17) is 9.40 Å². The number of nitrogens with zero attached hydrogens (tertiary/aromatic N) is 3. The van der Waals surface area contributed by atoms with Gasteiger partial charge in [-0.1, -0.05) is 55.5 Å². The van der Waals surface area contributed by atoms with Gasteiger partial charge >= 0.3 is 0 Å². The van der Waals surface area contributed by atoms with Crippen LogP contribution in [0.3, 0.4) is 0 Å². The van der Waals surface area contributed by atoms with Crippen LogP contribution < -0.4 is 5.32 Å². The normalized spacial score (nSPS) is 17.5. The highest BCUT2D eigenvalue weighted by Gasteiger charge is 2.25. The molecule has 1 saturated heterocycles. The van der Waals surface area contributed by atoms with Gasteiger partial charge in [0.05, 0.1) is 12.0 Å². The summed E-state index contributed by atoms with van der Waals surface area (Å²) in [6.07, 6.45) is 13.0. The van der Waals surface area contributed by atoms with Gasteiger partial charge < -0.3 is 19.2 Å². The Morgan fingerprint density at radius 2 is 1.74 bits per heavy atom. The average molecular weight is 475 g/mol. The Labute approximate surface area is 208 Å². The van der Waals surface area contributed by atoms with Crippen LogP contribution in [0.15, 0.2) is 47.1 Å². The third kappa shape index (κ3) is 5.69. The van der Waals surface area contributed by atoms with Gasteiger partial charge in [-0.15, -0.1) is 0 Å². The SMILES string of the molecule is Cc1ccc(-c2ncn(C3CCCCC3)c2-c2ccc(C(=O)NCCCN3CCCCC3)o2)cc1. The van der Waals surface area contributed by atoms with Crippen LogP contribution >= 0.6 is 0 Å². The zero-order chi connectivity index (χ0) is 24.0. The summed E-state index contributed by atoms with van der Waals surface area (Å²) in [5.41, 5.74) is 4.18. The van der Waals surface area contributed by atoms with Crippen molar-refractivity contribution in [2.75, 3.05) is 26.2 Å². The van der Waals surface area contributed by atoms with E-state index < -0.39 is 0 Å². The topological polar surface area (TPSA) is 63.3 Å². The summed E-state index contributed by atoms with van der Waals surface area (Å²) < 4.78 is 8.46. The Balaban J connectivity index is 1.32. The maximum Gasteiger partial charge on any atom is 0.287 e. The van der Waals surface area contributed by atoms with Crippen molar-refractivity contribution < 1.29 is 9.21 Å². The van der Waals surface area contributed by atoms with Gasteiger partial charge in [-0.05, 0) is 70.8 Å². The van der Waals surface area contributed by atoms with E-state index in [1.165, 1.54) is 57.2 Å². The summed E-state index contributed by atoms with van der Waals surface area (Å²) in [5, 5.41) is 3.05. The molecule has 2 aliphatic rings. The lowest BCUT2D eigenvalue weighted by Crippen LogP contribution is -2.33. The van der Waals surface area contributed by atoms with Crippen molar-refractivity contribution >= 4 is 5.91 Å². The molecular weight excluding hydrogens is 436 g/mol. The highest BCUT2D eigenvalue weighted by Crippen LogP contribution is 2.38. The lowest BCUT2D eigenvalue weighted by Gasteiger charge is -2.26. The molecule has 5 rings (SSSR count). The molecule has 186 valence electrons. The Morgan fingerprint density at radius 1 is 1.00 bits per heavy atom. The minimum Gasteiger partial charge on any atom is -0.449 e. The molecule has 1 aromatic carbocycles. The van der Waals surface area contributed by atoms with Crippen LogP contribution in [0, 0.1) is 6.92 Å². The molecule has 0 bridgehead atoms. The van der Waals surface area contributed by atoms with E-state index in [1.54, 1.807) is 6.07 Å². The van der Waals surface area contributed by atoms with Crippen LogP contribution in [0.1, 0.15) is 79.9 Å². The fourth-order valence-electron chi connectivity index (χ4n) is 5.53. The minimum atomic E-state index is -0.143. The van der Waals surface area contributed by atoms with E-state index in [1.807, 2.05) is 12.4 Å². The van der Waals surface area contributed by atoms with Crippen molar-refractivity contribution in [2.24, 2.45) is 0 Å². The molecule has 1 amide bonds. The molecule has 0 spiro atoms. The number of piperidine rings is 1. The molecule has 0 unspecified atom stereocenters. The van der Waals surface area contributed by atoms with Gasteiger partial charge in [0.2, 0.25) is 0 Å². The van der Waals surface area contributed by atoms with Crippen molar-refractivity contribution in [3.8, 4) is 22.7 Å². The Hall–Kier alpha value is -2.86. The third-order valence-corrected chi connectivity index (χ3v) is 7.54. The fraction of sp³-hybridized carbons (Fsp3) is 0.517. The third-order valence-electron chi connectivity index (χ3n) is 7.54. The predicted molar refractivity (Wildman–Crippen MR) is 139 cm³/mol. The zero-order valence-electron chi connectivity index (χ0n) is 21.0. The molecule has 6 nitrogen and oxygen atoms in total. The van der Waals surface area contributed by atoms with E-state index in [-0.39, 0.29) is 5.91 Å². The van der Waals surface area contributed by atoms with E-state index in [9.17, 15) is 4.79 Å². The van der Waals surface area contributed by atoms with Crippen LogP contribution in [-0.4, -0.2) is 46.5 Å². The molecular formula is C29H38N4O2. The molecule has 0 atom stereocenters. The number of aryl methyl sites for hydroxylation is 1. The van der Waals surface area contributed by atoms with Crippen LogP contribution in [0.2, 0.25) is 0 Å². The molecule has 2 aromatic heterocycles. The number of hydrogen-bond donors (Lipinski definition) is 1.